The Labute approximate surface area is 149 Å². The number of nitrogens with zero attached hydrogens (tertiary/aromatic N) is 2. The van der Waals surface area contributed by atoms with Gasteiger partial charge in [0.1, 0.15) is 11.8 Å². The number of para-hydroxylation sites is 1. The Morgan fingerprint density at radius 3 is 2.31 bits per heavy atom. The predicted octanol–water partition coefficient (Wildman–Crippen LogP) is 4.49. The van der Waals surface area contributed by atoms with Gasteiger partial charge in [-0.15, -0.1) is 0 Å². The Morgan fingerprint density at radius 2 is 1.62 bits per heavy atom. The van der Waals surface area contributed by atoms with Crippen LogP contribution in [0, 0.1) is 21.4 Å². The lowest BCUT2D eigenvalue weighted by molar-refractivity contribution is -0.385. The van der Waals surface area contributed by atoms with Crippen molar-refractivity contribution >= 4 is 11.5 Å². The first-order valence-electron chi connectivity index (χ1n) is 7.65. The molecule has 3 aromatic carbocycles. The molecule has 0 saturated heterocycles. The number of nitro benzene ring substituents is 1. The molecular formula is C20H12N2O4. The number of nitriles is 1. The van der Waals surface area contributed by atoms with Crippen molar-refractivity contribution in [2.75, 3.05) is 0 Å². The minimum atomic E-state index is -0.619. The zero-order valence-corrected chi connectivity index (χ0v) is 13.5. The van der Waals surface area contributed by atoms with Crippen molar-refractivity contribution in [2.45, 2.75) is 0 Å². The average Bonchev–Trinajstić information content (AvgIpc) is 2.68. The van der Waals surface area contributed by atoms with Gasteiger partial charge in [-0.25, -0.2) is 0 Å². The zero-order chi connectivity index (χ0) is 18.5. The van der Waals surface area contributed by atoms with Crippen LogP contribution in [-0.2, 0) is 0 Å². The number of carbonyl (C=O) groups excluding carboxylic acids is 1. The largest absolute Gasteiger partial charge is 0.449 e. The van der Waals surface area contributed by atoms with Crippen molar-refractivity contribution in [1.82, 2.24) is 0 Å². The summed E-state index contributed by atoms with van der Waals surface area (Å²) in [6, 6.07) is 20.9. The van der Waals surface area contributed by atoms with Gasteiger partial charge in [-0.05, 0) is 24.3 Å². The van der Waals surface area contributed by atoms with Crippen molar-refractivity contribution in [1.29, 1.82) is 5.26 Å². The summed E-state index contributed by atoms with van der Waals surface area (Å²) in [5, 5.41) is 20.5. The van der Waals surface area contributed by atoms with Gasteiger partial charge < -0.3 is 4.74 Å². The highest BCUT2D eigenvalue weighted by Crippen LogP contribution is 2.34. The third-order valence-corrected chi connectivity index (χ3v) is 3.68. The first kappa shape index (κ1) is 16.9. The molecule has 26 heavy (non-hydrogen) atoms. The molecule has 0 aromatic heterocycles. The van der Waals surface area contributed by atoms with E-state index in [4.69, 9.17) is 10.00 Å². The summed E-state index contributed by atoms with van der Waals surface area (Å²) in [5.41, 5.74) is 0.528. The summed E-state index contributed by atoms with van der Waals surface area (Å²) in [5.74, 6) is -0.153. The lowest BCUT2D eigenvalue weighted by Gasteiger charge is -2.09. The lowest BCUT2D eigenvalue weighted by atomic mass is 10.0. The second-order valence-corrected chi connectivity index (χ2v) is 5.34. The van der Waals surface area contributed by atoms with Crippen LogP contribution in [-0.4, -0.2) is 10.7 Å². The molecule has 6 heteroatoms. The Bertz CT molecular complexity index is 1020. The van der Waals surface area contributed by atoms with Gasteiger partial charge in [-0.3, -0.25) is 14.9 Å². The molecule has 6 nitrogen and oxygen atoms in total. The quantitative estimate of drug-likeness (QED) is 0.386. The molecule has 0 amide bonds. The maximum Gasteiger partial charge on any atom is 0.312 e. The van der Waals surface area contributed by atoms with Crippen LogP contribution in [0.3, 0.4) is 0 Å². The molecule has 0 aliphatic heterocycles. The Balaban J connectivity index is 1.99. The molecule has 3 rings (SSSR count). The number of hydrogen-bond donors (Lipinski definition) is 0. The predicted molar refractivity (Wildman–Crippen MR) is 94.2 cm³/mol. The van der Waals surface area contributed by atoms with Crippen molar-refractivity contribution in [3.8, 4) is 17.6 Å². The highest BCUT2D eigenvalue weighted by molar-refractivity contribution is 6.09. The highest BCUT2D eigenvalue weighted by Gasteiger charge is 2.20. The Kier molecular flexibility index (Phi) is 4.72. The molecule has 0 N–H and O–H groups in total. The topological polar surface area (TPSA) is 93.2 Å². The molecule has 0 saturated carbocycles. The summed E-state index contributed by atoms with van der Waals surface area (Å²) in [7, 11) is 0. The van der Waals surface area contributed by atoms with Crippen LogP contribution in [0.25, 0.3) is 0 Å². The van der Waals surface area contributed by atoms with Crippen molar-refractivity contribution in [2.24, 2.45) is 0 Å². The highest BCUT2D eigenvalue weighted by atomic mass is 16.6. The van der Waals surface area contributed by atoms with Gasteiger partial charge >= 0.3 is 5.69 Å². The van der Waals surface area contributed by atoms with Gasteiger partial charge in [0.2, 0.25) is 5.75 Å². The fraction of sp³-hybridized carbons (Fsp3) is 0. The summed E-state index contributed by atoms with van der Waals surface area (Å²) in [4.78, 5) is 23.3. The standard InChI is InChI=1S/C20H12N2O4/c21-13-16-8-4-5-9-18(16)26-19-11-10-15(12-17(19)22(24)25)20(23)14-6-2-1-3-7-14/h1-12H. The SMILES string of the molecule is N#Cc1ccccc1Oc1ccc(C(=O)c2ccccc2)cc1[N+](=O)[O-]. The number of hydrogen-bond acceptors (Lipinski definition) is 5. The Hall–Kier alpha value is -3.98. The molecule has 0 spiro atoms. The summed E-state index contributed by atoms with van der Waals surface area (Å²) in [6.07, 6.45) is 0. The van der Waals surface area contributed by atoms with E-state index in [1.807, 2.05) is 6.07 Å². The summed E-state index contributed by atoms with van der Waals surface area (Å²) < 4.78 is 5.56. The average molecular weight is 344 g/mol. The third-order valence-electron chi connectivity index (χ3n) is 3.68. The van der Waals surface area contributed by atoms with Crippen LogP contribution in [0.15, 0.2) is 72.8 Å². The van der Waals surface area contributed by atoms with Crippen LogP contribution >= 0.6 is 0 Å². The smallest absolute Gasteiger partial charge is 0.312 e. The normalized spacial score (nSPS) is 9.96. The van der Waals surface area contributed by atoms with Crippen LogP contribution in [0.2, 0.25) is 0 Å². The maximum atomic E-state index is 12.5. The van der Waals surface area contributed by atoms with E-state index in [0.29, 0.717) is 5.56 Å². The van der Waals surface area contributed by atoms with E-state index in [9.17, 15) is 14.9 Å². The molecule has 0 radical (unpaired) electrons. The lowest BCUT2D eigenvalue weighted by Crippen LogP contribution is -2.03. The summed E-state index contributed by atoms with van der Waals surface area (Å²) >= 11 is 0. The molecule has 3 aromatic rings. The molecule has 0 aliphatic rings. The Morgan fingerprint density at radius 1 is 0.923 bits per heavy atom. The van der Waals surface area contributed by atoms with Gasteiger partial charge in [-0.1, -0.05) is 42.5 Å². The number of ether oxygens (including phenoxy) is 1. The van der Waals surface area contributed by atoms with E-state index in [-0.39, 0.29) is 34.1 Å². The van der Waals surface area contributed by atoms with Gasteiger partial charge in [-0.2, -0.15) is 5.26 Å². The van der Waals surface area contributed by atoms with Gasteiger partial charge in [0.05, 0.1) is 10.5 Å². The molecule has 0 unspecified atom stereocenters. The fourth-order valence-electron chi connectivity index (χ4n) is 2.41. The fourth-order valence-corrected chi connectivity index (χ4v) is 2.41. The number of ketones is 1. The van der Waals surface area contributed by atoms with Crippen molar-refractivity contribution < 1.29 is 14.5 Å². The first-order chi connectivity index (χ1) is 12.6. The van der Waals surface area contributed by atoms with Crippen LogP contribution in [0.4, 0.5) is 5.69 Å². The van der Waals surface area contributed by atoms with E-state index in [1.165, 1.54) is 18.2 Å². The van der Waals surface area contributed by atoms with E-state index >= 15 is 0 Å². The van der Waals surface area contributed by atoms with Crippen molar-refractivity contribution in [3.63, 3.8) is 0 Å². The number of rotatable bonds is 5. The van der Waals surface area contributed by atoms with E-state index < -0.39 is 4.92 Å². The molecule has 0 aliphatic carbocycles. The molecule has 0 heterocycles. The first-order valence-corrected chi connectivity index (χ1v) is 7.65. The third kappa shape index (κ3) is 3.42. The van der Waals surface area contributed by atoms with Gasteiger partial charge in [0.25, 0.3) is 0 Å². The second kappa shape index (κ2) is 7.28. The van der Waals surface area contributed by atoms with E-state index in [2.05, 4.69) is 0 Å². The number of carbonyl (C=O) groups is 1. The minimum absolute atomic E-state index is 0.0395. The molecule has 0 bridgehead atoms. The van der Waals surface area contributed by atoms with Gasteiger partial charge in [0, 0.05) is 17.2 Å². The van der Waals surface area contributed by atoms with Crippen LogP contribution in [0.5, 0.6) is 11.5 Å². The number of benzene rings is 3. The van der Waals surface area contributed by atoms with Crippen LogP contribution in [0.1, 0.15) is 21.5 Å². The van der Waals surface area contributed by atoms with E-state index in [0.717, 1.165) is 0 Å². The second-order valence-electron chi connectivity index (χ2n) is 5.34. The van der Waals surface area contributed by atoms with Crippen LogP contribution < -0.4 is 4.74 Å². The molecule has 0 fully saturated rings. The van der Waals surface area contributed by atoms with E-state index in [1.54, 1.807) is 54.6 Å². The molecular weight excluding hydrogens is 332 g/mol. The maximum absolute atomic E-state index is 12.5. The number of nitro groups is 1. The van der Waals surface area contributed by atoms with Gasteiger partial charge in [0.15, 0.2) is 5.78 Å². The molecule has 0 atom stereocenters. The van der Waals surface area contributed by atoms with Crippen molar-refractivity contribution in [3.05, 3.63) is 99.6 Å². The zero-order valence-electron chi connectivity index (χ0n) is 13.5. The minimum Gasteiger partial charge on any atom is -0.449 e. The monoisotopic (exact) mass is 344 g/mol. The molecule has 126 valence electrons. The summed E-state index contributed by atoms with van der Waals surface area (Å²) in [6.45, 7) is 0.